The molecule has 2 N–H and O–H groups in total. The maximum absolute atomic E-state index is 4.32. The largest absolute Gasteiger partial charge is 0.316 e. The van der Waals surface area contributed by atoms with Crippen LogP contribution in [0.2, 0.25) is 0 Å². The van der Waals surface area contributed by atoms with Crippen LogP contribution in [0.1, 0.15) is 16.8 Å². The molecule has 3 heteroatoms. The number of aryl methyl sites for hydroxylation is 1. The zero-order chi connectivity index (χ0) is 11.7. The van der Waals surface area contributed by atoms with Gasteiger partial charge in [0.15, 0.2) is 0 Å². The molecule has 0 aliphatic carbocycles. The van der Waals surface area contributed by atoms with Gasteiger partial charge in [0.25, 0.3) is 0 Å². The fourth-order valence-electron chi connectivity index (χ4n) is 2.40. The smallest absolute Gasteiger partial charge is 0.0923 e. The topological polar surface area (TPSA) is 40.7 Å². The van der Waals surface area contributed by atoms with Gasteiger partial charge in [-0.15, -0.1) is 0 Å². The van der Waals surface area contributed by atoms with Gasteiger partial charge in [-0.2, -0.15) is 5.10 Å². The molecule has 17 heavy (non-hydrogen) atoms. The molecular weight excluding hydrogens is 210 g/mol. The molecule has 0 radical (unpaired) electrons. The van der Waals surface area contributed by atoms with Crippen LogP contribution in [0.15, 0.2) is 24.3 Å². The molecule has 0 fully saturated rings. The number of hydrogen-bond acceptors (Lipinski definition) is 2. The van der Waals surface area contributed by atoms with E-state index in [0.29, 0.717) is 0 Å². The van der Waals surface area contributed by atoms with Crippen LogP contribution in [0, 0.1) is 6.92 Å². The average molecular weight is 227 g/mol. The summed E-state index contributed by atoms with van der Waals surface area (Å²) in [6.45, 7) is 4.20. The van der Waals surface area contributed by atoms with Crippen molar-refractivity contribution >= 4 is 0 Å². The van der Waals surface area contributed by atoms with Gasteiger partial charge in [-0.3, -0.25) is 5.10 Å². The first-order chi connectivity index (χ1) is 8.33. The van der Waals surface area contributed by atoms with Gasteiger partial charge in [0.05, 0.1) is 5.69 Å². The Morgan fingerprint density at radius 2 is 1.88 bits per heavy atom. The Kier molecular flexibility index (Phi) is 2.69. The van der Waals surface area contributed by atoms with Crippen LogP contribution in [0.5, 0.6) is 0 Å². The highest BCUT2D eigenvalue weighted by molar-refractivity contribution is 5.61. The van der Waals surface area contributed by atoms with Gasteiger partial charge in [-0.25, -0.2) is 0 Å². The highest BCUT2D eigenvalue weighted by Gasteiger charge is 2.09. The lowest BCUT2D eigenvalue weighted by Gasteiger charge is -2.06. The van der Waals surface area contributed by atoms with E-state index in [1.807, 2.05) is 6.92 Å². The van der Waals surface area contributed by atoms with Crippen LogP contribution < -0.4 is 5.32 Å². The minimum absolute atomic E-state index is 1.04. The fraction of sp³-hybridized carbons (Fsp3) is 0.357. The summed E-state index contributed by atoms with van der Waals surface area (Å²) in [4.78, 5) is 0. The summed E-state index contributed by atoms with van der Waals surface area (Å²) in [5, 5.41) is 10.8. The number of hydrogen-bond donors (Lipinski definition) is 2. The molecule has 0 bridgehead atoms. The Morgan fingerprint density at radius 1 is 1.06 bits per heavy atom. The SMILES string of the molecule is Cc1cc(-c2ccc3c(c2)CCNCC3)n[nH]1. The summed E-state index contributed by atoms with van der Waals surface area (Å²) in [5.74, 6) is 0. The monoisotopic (exact) mass is 227 g/mol. The van der Waals surface area contributed by atoms with E-state index in [9.17, 15) is 0 Å². The van der Waals surface area contributed by atoms with Gasteiger partial charge in [0, 0.05) is 11.3 Å². The minimum Gasteiger partial charge on any atom is -0.316 e. The second-order valence-electron chi connectivity index (χ2n) is 4.67. The summed E-state index contributed by atoms with van der Waals surface area (Å²) >= 11 is 0. The number of H-pyrrole nitrogens is 1. The molecule has 1 aromatic heterocycles. The molecule has 0 atom stereocenters. The number of aromatic nitrogens is 2. The van der Waals surface area contributed by atoms with Crippen LogP contribution in [-0.4, -0.2) is 23.3 Å². The van der Waals surface area contributed by atoms with Crippen molar-refractivity contribution in [3.05, 3.63) is 41.1 Å². The van der Waals surface area contributed by atoms with Crippen LogP contribution in [0.25, 0.3) is 11.3 Å². The van der Waals surface area contributed by atoms with Crippen LogP contribution in [-0.2, 0) is 12.8 Å². The molecule has 0 amide bonds. The van der Waals surface area contributed by atoms with E-state index in [1.165, 1.54) is 16.7 Å². The average Bonchev–Trinajstić information content (AvgIpc) is 2.64. The van der Waals surface area contributed by atoms with Crippen molar-refractivity contribution in [3.63, 3.8) is 0 Å². The summed E-state index contributed by atoms with van der Waals surface area (Å²) in [5.41, 5.74) is 6.31. The Labute approximate surface area is 101 Å². The molecule has 0 unspecified atom stereocenters. The molecule has 0 saturated carbocycles. The zero-order valence-corrected chi connectivity index (χ0v) is 10.1. The normalized spacial score (nSPS) is 15.4. The second-order valence-corrected chi connectivity index (χ2v) is 4.67. The number of nitrogens with one attached hydrogen (secondary N) is 2. The lowest BCUT2D eigenvalue weighted by molar-refractivity contribution is 0.711. The van der Waals surface area contributed by atoms with Crippen molar-refractivity contribution in [2.75, 3.05) is 13.1 Å². The number of fused-ring (bicyclic) bond motifs is 1. The summed E-state index contributed by atoms with van der Waals surface area (Å²) in [6.07, 6.45) is 2.25. The van der Waals surface area contributed by atoms with E-state index in [-0.39, 0.29) is 0 Å². The molecule has 1 aromatic carbocycles. The third-order valence-electron chi connectivity index (χ3n) is 3.35. The molecule has 88 valence electrons. The van der Waals surface area contributed by atoms with Crippen LogP contribution in [0.4, 0.5) is 0 Å². The highest BCUT2D eigenvalue weighted by Crippen LogP contribution is 2.22. The lowest BCUT2D eigenvalue weighted by atomic mass is 9.99. The van der Waals surface area contributed by atoms with Crippen LogP contribution >= 0.6 is 0 Å². The molecule has 2 heterocycles. The Hall–Kier alpha value is -1.61. The Balaban J connectivity index is 2.00. The maximum Gasteiger partial charge on any atom is 0.0923 e. The summed E-state index contributed by atoms with van der Waals surface area (Å²) in [6, 6.07) is 8.82. The predicted octanol–water partition coefficient (Wildman–Crippen LogP) is 2.07. The predicted molar refractivity (Wildman–Crippen MR) is 69.0 cm³/mol. The Bertz CT molecular complexity index is 528. The van der Waals surface area contributed by atoms with E-state index in [4.69, 9.17) is 0 Å². The highest BCUT2D eigenvalue weighted by atomic mass is 15.1. The van der Waals surface area contributed by atoms with E-state index in [0.717, 1.165) is 37.3 Å². The van der Waals surface area contributed by atoms with Crippen molar-refractivity contribution in [1.82, 2.24) is 15.5 Å². The van der Waals surface area contributed by atoms with Gasteiger partial charge < -0.3 is 5.32 Å². The van der Waals surface area contributed by atoms with Gasteiger partial charge >= 0.3 is 0 Å². The number of aromatic amines is 1. The fourth-order valence-corrected chi connectivity index (χ4v) is 2.40. The molecule has 2 aromatic rings. The van der Waals surface area contributed by atoms with E-state index in [1.54, 1.807) is 0 Å². The first-order valence-corrected chi connectivity index (χ1v) is 6.18. The molecule has 3 rings (SSSR count). The first kappa shape index (κ1) is 10.5. The van der Waals surface area contributed by atoms with Crippen molar-refractivity contribution in [2.45, 2.75) is 19.8 Å². The van der Waals surface area contributed by atoms with Gasteiger partial charge in [0.1, 0.15) is 0 Å². The molecule has 1 aliphatic heterocycles. The van der Waals surface area contributed by atoms with E-state index in [2.05, 4.69) is 39.8 Å². The van der Waals surface area contributed by atoms with E-state index < -0.39 is 0 Å². The van der Waals surface area contributed by atoms with Crippen LogP contribution in [0.3, 0.4) is 0 Å². The third kappa shape index (κ3) is 2.11. The maximum atomic E-state index is 4.32. The molecular formula is C14H17N3. The molecule has 0 spiro atoms. The van der Waals surface area contributed by atoms with Gasteiger partial charge in [-0.1, -0.05) is 12.1 Å². The minimum atomic E-state index is 1.04. The van der Waals surface area contributed by atoms with E-state index >= 15 is 0 Å². The lowest BCUT2D eigenvalue weighted by Crippen LogP contribution is -2.16. The van der Waals surface area contributed by atoms with Crippen molar-refractivity contribution in [3.8, 4) is 11.3 Å². The van der Waals surface area contributed by atoms with Crippen molar-refractivity contribution < 1.29 is 0 Å². The molecule has 3 nitrogen and oxygen atoms in total. The zero-order valence-electron chi connectivity index (χ0n) is 10.1. The molecule has 0 saturated heterocycles. The Morgan fingerprint density at radius 3 is 2.65 bits per heavy atom. The molecule has 1 aliphatic rings. The summed E-state index contributed by atoms with van der Waals surface area (Å²) in [7, 11) is 0. The number of benzene rings is 1. The second kappa shape index (κ2) is 4.34. The standard InChI is InChI=1S/C14H17N3/c1-10-8-14(17-16-10)13-3-2-11-4-6-15-7-5-12(11)9-13/h2-3,8-9,15H,4-7H2,1H3,(H,16,17). The third-order valence-corrected chi connectivity index (χ3v) is 3.35. The van der Waals surface area contributed by atoms with Gasteiger partial charge in [-0.05, 0) is 56.1 Å². The van der Waals surface area contributed by atoms with Crippen molar-refractivity contribution in [2.24, 2.45) is 0 Å². The number of rotatable bonds is 1. The quantitative estimate of drug-likeness (QED) is 0.783. The van der Waals surface area contributed by atoms with Gasteiger partial charge in [0.2, 0.25) is 0 Å². The summed E-state index contributed by atoms with van der Waals surface area (Å²) < 4.78 is 0. The number of nitrogens with zero attached hydrogens (tertiary/aromatic N) is 1. The van der Waals surface area contributed by atoms with Crippen molar-refractivity contribution in [1.29, 1.82) is 0 Å². The first-order valence-electron chi connectivity index (χ1n) is 6.18.